The van der Waals surface area contributed by atoms with E-state index >= 15 is 0 Å². The summed E-state index contributed by atoms with van der Waals surface area (Å²) in [6, 6.07) is 0. The van der Waals surface area contributed by atoms with Crippen LogP contribution in [0.1, 0.15) is 184 Å². The lowest BCUT2D eigenvalue weighted by molar-refractivity contribution is 0.0835. The maximum atomic E-state index is 13.1. The van der Waals surface area contributed by atoms with Crippen LogP contribution in [-0.2, 0) is 7.05 Å². The van der Waals surface area contributed by atoms with E-state index in [-0.39, 0.29) is 24.4 Å². The minimum absolute atomic E-state index is 0.0241. The number of hydrogen-bond donors (Lipinski definition) is 2. The minimum Gasteiger partial charge on any atom is -0.396 e. The van der Waals surface area contributed by atoms with E-state index in [0.717, 1.165) is 30.5 Å². The maximum absolute atomic E-state index is 13.1. The van der Waals surface area contributed by atoms with Crippen LogP contribution in [0.15, 0.2) is 18.5 Å². The molecule has 238 valence electrons. The lowest BCUT2D eigenvalue weighted by Gasteiger charge is -2.16. The smallest absolute Gasteiger partial charge is 0.186 e. The summed E-state index contributed by atoms with van der Waals surface area (Å²) in [5.41, 5.74) is 2.57. The highest BCUT2D eigenvalue weighted by atomic mass is 16.3. The molecular weight excluding hydrogens is 508 g/mol. The van der Waals surface area contributed by atoms with Gasteiger partial charge in [-0.3, -0.25) is 4.79 Å². The Kier molecular flexibility index (Phi) is 22.0. The van der Waals surface area contributed by atoms with Crippen LogP contribution in [0.3, 0.4) is 0 Å². The van der Waals surface area contributed by atoms with E-state index in [1.165, 1.54) is 103 Å². The fourth-order valence-electron chi connectivity index (χ4n) is 5.90. The third kappa shape index (κ3) is 17.3. The maximum Gasteiger partial charge on any atom is 0.186 e. The van der Waals surface area contributed by atoms with Gasteiger partial charge in [-0.2, -0.15) is 0 Å². The zero-order valence-electron chi connectivity index (χ0n) is 27.5. The molecule has 0 bridgehead atoms. The molecule has 0 spiro atoms. The van der Waals surface area contributed by atoms with E-state index in [9.17, 15) is 15.0 Å². The molecule has 0 saturated carbocycles. The number of rotatable bonds is 28. The van der Waals surface area contributed by atoms with Gasteiger partial charge in [0.1, 0.15) is 5.69 Å². The average molecular weight is 575 g/mol. The van der Waals surface area contributed by atoms with E-state index in [1.807, 2.05) is 20.9 Å². The van der Waals surface area contributed by atoms with Gasteiger partial charge in [-0.15, -0.1) is 0 Å². The van der Waals surface area contributed by atoms with Crippen molar-refractivity contribution in [2.45, 2.75) is 174 Å². The minimum atomic E-state index is -0.412. The number of nitrogens with zero attached hydrogens (tertiary/aromatic N) is 2. The number of unbranched alkanes of at least 4 members (excludes halogenated alkanes) is 16. The van der Waals surface area contributed by atoms with E-state index in [0.29, 0.717) is 25.0 Å². The van der Waals surface area contributed by atoms with Crippen LogP contribution in [0.25, 0.3) is 0 Å². The lowest BCUT2D eigenvalue weighted by Crippen LogP contribution is -2.22. The summed E-state index contributed by atoms with van der Waals surface area (Å²) < 4.78 is 1.77. The summed E-state index contributed by atoms with van der Waals surface area (Å²) in [6.45, 7) is 10.4. The summed E-state index contributed by atoms with van der Waals surface area (Å²) in [5.74, 6) is -0.272. The topological polar surface area (TPSA) is 75.3 Å². The van der Waals surface area contributed by atoms with Crippen LogP contribution in [-0.4, -0.2) is 38.3 Å². The number of ketones is 1. The van der Waals surface area contributed by atoms with Gasteiger partial charge in [-0.05, 0) is 38.0 Å². The van der Waals surface area contributed by atoms with Crippen molar-refractivity contribution in [3.63, 3.8) is 0 Å². The monoisotopic (exact) mass is 575 g/mol. The summed E-state index contributed by atoms with van der Waals surface area (Å²) >= 11 is 0. The second-order valence-corrected chi connectivity index (χ2v) is 12.9. The van der Waals surface area contributed by atoms with Gasteiger partial charge in [0.05, 0.1) is 24.7 Å². The van der Waals surface area contributed by atoms with Crippen molar-refractivity contribution in [1.29, 1.82) is 0 Å². The van der Waals surface area contributed by atoms with Crippen LogP contribution in [0.2, 0.25) is 0 Å². The molecule has 2 atom stereocenters. The summed E-state index contributed by atoms with van der Waals surface area (Å²) in [5, 5.41) is 20.3. The van der Waals surface area contributed by atoms with E-state index in [2.05, 4.69) is 18.5 Å². The molecule has 1 aromatic heterocycles. The third-order valence-corrected chi connectivity index (χ3v) is 8.58. The largest absolute Gasteiger partial charge is 0.396 e. The molecule has 2 unspecified atom stereocenters. The normalized spacial score (nSPS) is 13.1. The summed E-state index contributed by atoms with van der Waals surface area (Å²) in [7, 11) is 1.84. The van der Waals surface area contributed by atoms with Crippen molar-refractivity contribution in [1.82, 2.24) is 9.55 Å². The van der Waals surface area contributed by atoms with E-state index in [1.54, 1.807) is 10.9 Å². The van der Waals surface area contributed by atoms with Crippen LogP contribution in [0.4, 0.5) is 0 Å². The first-order valence-electron chi connectivity index (χ1n) is 17.3. The van der Waals surface area contributed by atoms with Crippen molar-refractivity contribution in [2.24, 2.45) is 13.0 Å². The molecule has 0 aliphatic carbocycles. The highest BCUT2D eigenvalue weighted by Crippen LogP contribution is 2.24. The number of imidazole rings is 1. The summed E-state index contributed by atoms with van der Waals surface area (Å²) in [6.07, 6.45) is 28.1. The Morgan fingerprint density at radius 2 is 1.32 bits per heavy atom. The Balaban J connectivity index is 2.02. The molecule has 0 aliphatic rings. The molecule has 0 amide bonds. The van der Waals surface area contributed by atoms with Crippen LogP contribution in [0.5, 0.6) is 0 Å². The Bertz CT molecular complexity index is 801. The number of aromatic nitrogens is 2. The van der Waals surface area contributed by atoms with Gasteiger partial charge < -0.3 is 14.8 Å². The van der Waals surface area contributed by atoms with Crippen molar-refractivity contribution in [3.8, 4) is 0 Å². The molecule has 0 fully saturated rings. The molecule has 2 N–H and O–H groups in total. The zero-order chi connectivity index (χ0) is 30.3. The molecule has 1 aromatic rings. The highest BCUT2D eigenvalue weighted by molar-refractivity contribution is 5.97. The fraction of sp³-hybridized carbons (Fsp3) is 0.833. The Morgan fingerprint density at radius 3 is 1.80 bits per heavy atom. The first-order chi connectivity index (χ1) is 19.8. The van der Waals surface area contributed by atoms with Gasteiger partial charge in [0.25, 0.3) is 0 Å². The summed E-state index contributed by atoms with van der Waals surface area (Å²) in [4.78, 5) is 17.4. The quantitative estimate of drug-likeness (QED) is 0.0593. The van der Waals surface area contributed by atoms with E-state index in [4.69, 9.17) is 0 Å². The number of aliphatic hydroxyl groups excluding tert-OH is 2. The van der Waals surface area contributed by atoms with Crippen molar-refractivity contribution >= 4 is 5.78 Å². The fourth-order valence-corrected chi connectivity index (χ4v) is 5.90. The van der Waals surface area contributed by atoms with Gasteiger partial charge in [0, 0.05) is 13.0 Å². The van der Waals surface area contributed by atoms with E-state index < -0.39 is 5.92 Å². The zero-order valence-corrected chi connectivity index (χ0v) is 27.5. The van der Waals surface area contributed by atoms with Gasteiger partial charge in [-0.1, -0.05) is 142 Å². The van der Waals surface area contributed by atoms with Crippen molar-refractivity contribution < 1.29 is 15.0 Å². The number of carbonyl (C=O) groups excluding carboxylic acids is 1. The Morgan fingerprint density at radius 1 is 0.829 bits per heavy atom. The molecule has 0 aromatic carbocycles. The number of Topliss-reactive ketones (excluding diaryl/α,β-unsaturated/α-hetero) is 1. The molecule has 1 heterocycles. The molecule has 5 nitrogen and oxygen atoms in total. The third-order valence-electron chi connectivity index (χ3n) is 8.58. The Hall–Kier alpha value is -1.46. The van der Waals surface area contributed by atoms with Crippen molar-refractivity contribution in [3.05, 3.63) is 29.9 Å². The van der Waals surface area contributed by atoms with Crippen LogP contribution in [0, 0.1) is 5.92 Å². The second kappa shape index (κ2) is 24.0. The van der Waals surface area contributed by atoms with Gasteiger partial charge in [-0.25, -0.2) is 4.98 Å². The van der Waals surface area contributed by atoms with Crippen LogP contribution >= 0.6 is 0 Å². The molecule has 1 rings (SSSR count). The predicted molar refractivity (Wildman–Crippen MR) is 175 cm³/mol. The molecule has 5 heteroatoms. The molecular formula is C36H66N2O3. The van der Waals surface area contributed by atoms with Gasteiger partial charge in [0.15, 0.2) is 5.78 Å². The standard InChI is InChI=1S/C36H66N2O3/c1-6-7-8-9-10-11-12-13-14-15-16-17-18-19-20-21-24-31(4)27-33(40)26-23-22-25-32(28-39)36(41)35-34(30(2)3)37-29-38(35)5/h29-30,32-33,39-40H,4,6-28H2,1-3,5H3. The predicted octanol–water partition coefficient (Wildman–Crippen LogP) is 9.85. The highest BCUT2D eigenvalue weighted by Gasteiger charge is 2.26. The number of hydrogen-bond acceptors (Lipinski definition) is 4. The van der Waals surface area contributed by atoms with Gasteiger partial charge >= 0.3 is 0 Å². The molecule has 0 radical (unpaired) electrons. The lowest BCUT2D eigenvalue weighted by atomic mass is 9.92. The second-order valence-electron chi connectivity index (χ2n) is 12.9. The van der Waals surface area contributed by atoms with Crippen molar-refractivity contribution in [2.75, 3.05) is 6.61 Å². The Labute approximate surface area is 253 Å². The first-order valence-corrected chi connectivity index (χ1v) is 17.3. The number of aliphatic hydroxyl groups is 2. The van der Waals surface area contributed by atoms with Crippen LogP contribution < -0.4 is 0 Å². The van der Waals surface area contributed by atoms with Gasteiger partial charge in [0.2, 0.25) is 0 Å². The molecule has 0 aliphatic heterocycles. The molecule has 41 heavy (non-hydrogen) atoms. The SMILES string of the molecule is C=C(CCCCCCCCCCCCCCCCCC)CC(O)CCCCC(CO)C(=O)c1c(C(C)C)ncn1C. The number of aryl methyl sites for hydroxylation is 1. The average Bonchev–Trinajstić information content (AvgIpc) is 3.34. The molecule has 0 saturated heterocycles. The first kappa shape index (κ1) is 37.6. The number of carbonyl (C=O) groups is 1.